The second kappa shape index (κ2) is 8.98. The molecule has 1 atom stereocenters. The van der Waals surface area contributed by atoms with Crippen LogP contribution in [-0.4, -0.2) is 49.1 Å². The highest BCUT2D eigenvalue weighted by Crippen LogP contribution is 2.43. The first-order valence-electron chi connectivity index (χ1n) is 9.06. The summed E-state index contributed by atoms with van der Waals surface area (Å²) in [5, 5.41) is 13.2. The van der Waals surface area contributed by atoms with Gasteiger partial charge in [0, 0.05) is 30.7 Å². The first kappa shape index (κ1) is 21.4. The number of halogens is 1. The fourth-order valence-corrected chi connectivity index (χ4v) is 4.64. The maximum Gasteiger partial charge on any atom is 0.295 e. The smallest absolute Gasteiger partial charge is 0.295 e. The fraction of sp³-hybridized carbons (Fsp3) is 0.333. The van der Waals surface area contributed by atoms with Gasteiger partial charge in [0.15, 0.2) is 0 Å². The van der Waals surface area contributed by atoms with Crippen LogP contribution in [0.2, 0.25) is 5.02 Å². The van der Waals surface area contributed by atoms with Crippen LogP contribution in [0.4, 0.5) is 0 Å². The molecule has 1 amide bonds. The monoisotopic (exact) mass is 435 g/mol. The molecule has 0 saturated carbocycles. The van der Waals surface area contributed by atoms with Crippen LogP contribution in [0.3, 0.4) is 0 Å². The number of thiophene rings is 1. The van der Waals surface area contributed by atoms with Crippen LogP contribution in [-0.2, 0) is 14.3 Å². The van der Waals surface area contributed by atoms with E-state index in [9.17, 15) is 14.7 Å². The number of nitrogens with zero attached hydrogens (tertiary/aromatic N) is 1. The van der Waals surface area contributed by atoms with Gasteiger partial charge in [-0.1, -0.05) is 11.6 Å². The van der Waals surface area contributed by atoms with Gasteiger partial charge in [0.05, 0.1) is 23.7 Å². The number of aliphatic hydroxyl groups is 1. The number of benzene rings is 1. The van der Waals surface area contributed by atoms with Gasteiger partial charge in [0.1, 0.15) is 11.5 Å². The third kappa shape index (κ3) is 4.03. The summed E-state index contributed by atoms with van der Waals surface area (Å²) in [5.41, 5.74) is 1.23. The average Bonchev–Trinajstić information content (AvgIpc) is 3.23. The Labute approximate surface area is 178 Å². The van der Waals surface area contributed by atoms with Crippen molar-refractivity contribution in [1.29, 1.82) is 0 Å². The highest BCUT2D eigenvalue weighted by atomic mass is 35.5. The van der Waals surface area contributed by atoms with Gasteiger partial charge >= 0.3 is 0 Å². The molecule has 1 N–H and O–H groups in total. The Kier molecular flexibility index (Phi) is 6.62. The molecule has 1 aliphatic rings. The molecule has 0 bridgehead atoms. The lowest BCUT2D eigenvalue weighted by atomic mass is 9.98. The molecule has 1 aromatic carbocycles. The van der Waals surface area contributed by atoms with Crippen LogP contribution >= 0.6 is 22.9 Å². The summed E-state index contributed by atoms with van der Waals surface area (Å²) in [4.78, 5) is 28.1. The fourth-order valence-electron chi connectivity index (χ4n) is 3.38. The normalized spacial score (nSPS) is 18.5. The number of carbonyl (C=O) groups excluding carboxylic acids is 2. The molecule has 0 spiro atoms. The topological polar surface area (TPSA) is 76.1 Å². The SMILES string of the molecule is COCCCN1C(=O)C(=O)/C(=C(/O)c2cc(OC)ccc2Cl)C1c1sccc1C. The van der Waals surface area contributed by atoms with Crippen LogP contribution in [0.1, 0.15) is 28.5 Å². The van der Waals surface area contributed by atoms with Gasteiger partial charge < -0.3 is 19.5 Å². The van der Waals surface area contributed by atoms with Crippen molar-refractivity contribution in [3.8, 4) is 5.75 Å². The molecule has 1 saturated heterocycles. The molecule has 0 radical (unpaired) electrons. The van der Waals surface area contributed by atoms with Crippen molar-refractivity contribution >= 4 is 40.4 Å². The van der Waals surface area contributed by atoms with Crippen molar-refractivity contribution < 1.29 is 24.2 Å². The van der Waals surface area contributed by atoms with Crippen molar-refractivity contribution in [3.05, 3.63) is 56.2 Å². The minimum Gasteiger partial charge on any atom is -0.507 e. The minimum atomic E-state index is -0.725. The van der Waals surface area contributed by atoms with E-state index in [-0.39, 0.29) is 21.9 Å². The molecule has 1 fully saturated rings. The quantitative estimate of drug-likeness (QED) is 0.305. The molecule has 1 aromatic heterocycles. The number of aryl methyl sites for hydroxylation is 1. The average molecular weight is 436 g/mol. The largest absolute Gasteiger partial charge is 0.507 e. The molecular weight excluding hydrogens is 414 g/mol. The van der Waals surface area contributed by atoms with E-state index in [4.69, 9.17) is 21.1 Å². The lowest BCUT2D eigenvalue weighted by Gasteiger charge is -2.25. The van der Waals surface area contributed by atoms with E-state index in [1.807, 2.05) is 18.4 Å². The lowest BCUT2D eigenvalue weighted by Crippen LogP contribution is -2.31. The molecule has 154 valence electrons. The third-order valence-electron chi connectivity index (χ3n) is 4.87. The van der Waals surface area contributed by atoms with E-state index in [2.05, 4.69) is 0 Å². The first-order chi connectivity index (χ1) is 13.9. The number of ether oxygens (including phenoxy) is 2. The van der Waals surface area contributed by atoms with Crippen molar-refractivity contribution in [1.82, 2.24) is 4.90 Å². The molecule has 29 heavy (non-hydrogen) atoms. The van der Waals surface area contributed by atoms with E-state index in [1.54, 1.807) is 25.3 Å². The number of rotatable bonds is 7. The summed E-state index contributed by atoms with van der Waals surface area (Å²) in [7, 11) is 3.08. The van der Waals surface area contributed by atoms with Crippen LogP contribution in [0.5, 0.6) is 5.75 Å². The van der Waals surface area contributed by atoms with Crippen LogP contribution in [0, 0.1) is 6.92 Å². The van der Waals surface area contributed by atoms with Crippen LogP contribution < -0.4 is 4.74 Å². The molecular formula is C21H22ClNO5S. The number of Topliss-reactive ketones (excluding diaryl/α,β-unsaturated/α-hetero) is 1. The molecule has 3 rings (SSSR count). The number of ketones is 1. The number of methoxy groups -OCH3 is 2. The summed E-state index contributed by atoms with van der Waals surface area (Å²) in [6, 6.07) is 6.04. The number of hydrogen-bond acceptors (Lipinski definition) is 6. The maximum atomic E-state index is 12.9. The number of amides is 1. The summed E-state index contributed by atoms with van der Waals surface area (Å²) < 4.78 is 10.3. The third-order valence-corrected chi connectivity index (χ3v) is 6.27. The zero-order valence-corrected chi connectivity index (χ0v) is 18.0. The summed E-state index contributed by atoms with van der Waals surface area (Å²) in [5.74, 6) is -1.19. The Bertz CT molecular complexity index is 968. The van der Waals surface area contributed by atoms with Gasteiger partial charge in [-0.25, -0.2) is 0 Å². The standard InChI is InChI=1S/C21H22ClNO5S/c1-12-7-10-29-20(12)17-16(19(25)21(26)23(17)8-4-9-27-2)18(24)14-11-13(28-3)5-6-15(14)22/h5-7,10-11,17,24H,4,8-9H2,1-3H3/b18-16+. The van der Waals surface area contributed by atoms with Gasteiger partial charge in [-0.2, -0.15) is 0 Å². The second-order valence-corrected chi connectivity index (χ2v) is 8.01. The Morgan fingerprint density at radius 2 is 2.03 bits per heavy atom. The Morgan fingerprint density at radius 1 is 1.28 bits per heavy atom. The highest BCUT2D eigenvalue weighted by molar-refractivity contribution is 7.10. The summed E-state index contributed by atoms with van der Waals surface area (Å²) in [6.45, 7) is 2.71. The zero-order chi connectivity index (χ0) is 21.1. The second-order valence-electron chi connectivity index (χ2n) is 6.65. The van der Waals surface area contributed by atoms with E-state index >= 15 is 0 Å². The zero-order valence-electron chi connectivity index (χ0n) is 16.4. The van der Waals surface area contributed by atoms with Gasteiger partial charge in [0.25, 0.3) is 11.7 Å². The molecule has 6 nitrogen and oxygen atoms in total. The highest BCUT2D eigenvalue weighted by Gasteiger charge is 2.46. The molecule has 2 aromatic rings. The first-order valence-corrected chi connectivity index (χ1v) is 10.3. The molecule has 1 unspecified atom stereocenters. The van der Waals surface area contributed by atoms with Crippen molar-refractivity contribution in [2.45, 2.75) is 19.4 Å². The number of hydrogen-bond donors (Lipinski definition) is 1. The molecule has 2 heterocycles. The molecule has 0 aliphatic carbocycles. The van der Waals surface area contributed by atoms with Crippen molar-refractivity contribution in [2.75, 3.05) is 27.4 Å². The van der Waals surface area contributed by atoms with E-state index < -0.39 is 17.7 Å². The van der Waals surface area contributed by atoms with Crippen LogP contribution in [0.15, 0.2) is 35.2 Å². The van der Waals surface area contributed by atoms with E-state index in [0.29, 0.717) is 25.3 Å². The molecule has 8 heteroatoms. The van der Waals surface area contributed by atoms with Gasteiger partial charge in [-0.15, -0.1) is 11.3 Å². The minimum absolute atomic E-state index is 0.0353. The summed E-state index contributed by atoms with van der Waals surface area (Å²) >= 11 is 7.72. The van der Waals surface area contributed by atoms with Crippen LogP contribution in [0.25, 0.3) is 5.76 Å². The lowest BCUT2D eigenvalue weighted by molar-refractivity contribution is -0.140. The maximum absolute atomic E-state index is 12.9. The van der Waals surface area contributed by atoms with Gasteiger partial charge in [-0.3, -0.25) is 9.59 Å². The number of likely N-dealkylation sites (tertiary alicyclic amines) is 1. The Morgan fingerprint density at radius 3 is 2.66 bits per heavy atom. The van der Waals surface area contributed by atoms with Gasteiger partial charge in [0.2, 0.25) is 0 Å². The van der Waals surface area contributed by atoms with E-state index in [0.717, 1.165) is 10.4 Å². The Balaban J connectivity index is 2.16. The van der Waals surface area contributed by atoms with Crippen molar-refractivity contribution in [2.24, 2.45) is 0 Å². The van der Waals surface area contributed by atoms with Crippen molar-refractivity contribution in [3.63, 3.8) is 0 Å². The van der Waals surface area contributed by atoms with E-state index in [1.165, 1.54) is 23.3 Å². The molecule has 1 aliphatic heterocycles. The number of carbonyl (C=O) groups is 2. The Hall–Kier alpha value is -2.35. The number of aliphatic hydroxyl groups excluding tert-OH is 1. The summed E-state index contributed by atoms with van der Waals surface area (Å²) in [6.07, 6.45) is 0.574. The predicted molar refractivity (Wildman–Crippen MR) is 113 cm³/mol. The van der Waals surface area contributed by atoms with Gasteiger partial charge in [-0.05, 0) is 48.6 Å². The predicted octanol–water partition coefficient (Wildman–Crippen LogP) is 4.18.